The molecule has 0 bridgehead atoms. The van der Waals surface area contributed by atoms with Gasteiger partial charge in [0.2, 0.25) is 10.0 Å². The number of sulfonamides is 1. The second-order valence-electron chi connectivity index (χ2n) is 3.82. The van der Waals surface area contributed by atoms with Crippen LogP contribution in [0.3, 0.4) is 0 Å². The molecule has 1 rings (SSSR count). The van der Waals surface area contributed by atoms with Gasteiger partial charge >= 0.3 is 0 Å². The van der Waals surface area contributed by atoms with E-state index in [4.69, 9.17) is 0 Å². The van der Waals surface area contributed by atoms with E-state index in [9.17, 15) is 12.8 Å². The van der Waals surface area contributed by atoms with E-state index in [1.165, 1.54) is 6.07 Å². The zero-order chi connectivity index (χ0) is 12.3. The predicted octanol–water partition coefficient (Wildman–Crippen LogP) is 2.52. The smallest absolute Gasteiger partial charge is 0.211 e. The van der Waals surface area contributed by atoms with Gasteiger partial charge in [-0.2, -0.15) is 0 Å². The summed E-state index contributed by atoms with van der Waals surface area (Å²) in [5.74, 6) is -0.260. The van der Waals surface area contributed by atoms with E-state index >= 15 is 0 Å². The molecule has 0 unspecified atom stereocenters. The van der Waals surface area contributed by atoms with Crippen molar-refractivity contribution in [2.45, 2.75) is 18.7 Å². The van der Waals surface area contributed by atoms with Gasteiger partial charge in [-0.05, 0) is 40.0 Å². The Labute approximate surface area is 103 Å². The minimum absolute atomic E-state index is 0.0505. The molecule has 0 atom stereocenters. The molecule has 90 valence electrons. The molecule has 0 aromatic heterocycles. The van der Waals surface area contributed by atoms with Crippen molar-refractivity contribution in [2.24, 2.45) is 5.92 Å². The highest BCUT2D eigenvalue weighted by Crippen LogP contribution is 2.22. The van der Waals surface area contributed by atoms with Crippen molar-refractivity contribution in [1.29, 1.82) is 0 Å². The number of benzene rings is 1. The number of hydrogen-bond acceptors (Lipinski definition) is 2. The van der Waals surface area contributed by atoms with E-state index in [1.807, 2.05) is 13.8 Å². The standard InChI is InChI=1S/C10H13BrFNO2S/c1-7(2)6-13-16(14,15)10-4-3-8(12)5-9(10)11/h3-5,7,13H,6H2,1-2H3. The Morgan fingerprint density at radius 3 is 2.56 bits per heavy atom. The summed E-state index contributed by atoms with van der Waals surface area (Å²) in [4.78, 5) is 0.0505. The fraction of sp³-hybridized carbons (Fsp3) is 0.400. The van der Waals surface area contributed by atoms with Gasteiger partial charge in [-0.15, -0.1) is 0 Å². The van der Waals surface area contributed by atoms with Crippen molar-refractivity contribution in [1.82, 2.24) is 4.72 Å². The van der Waals surface area contributed by atoms with Crippen molar-refractivity contribution in [2.75, 3.05) is 6.54 Å². The fourth-order valence-electron chi connectivity index (χ4n) is 1.05. The maximum Gasteiger partial charge on any atom is 0.241 e. The van der Waals surface area contributed by atoms with Crippen molar-refractivity contribution < 1.29 is 12.8 Å². The molecule has 6 heteroatoms. The lowest BCUT2D eigenvalue weighted by Gasteiger charge is -2.10. The highest BCUT2D eigenvalue weighted by molar-refractivity contribution is 9.10. The normalized spacial score (nSPS) is 12.1. The molecule has 0 amide bonds. The lowest BCUT2D eigenvalue weighted by molar-refractivity contribution is 0.559. The summed E-state index contributed by atoms with van der Waals surface area (Å²) in [6.45, 7) is 4.16. The fourth-order valence-corrected chi connectivity index (χ4v) is 3.31. The third-order valence-corrected chi connectivity index (χ3v) is 4.27. The average molecular weight is 310 g/mol. The first kappa shape index (κ1) is 13.6. The molecule has 0 aliphatic carbocycles. The van der Waals surface area contributed by atoms with Crippen molar-refractivity contribution in [3.63, 3.8) is 0 Å². The van der Waals surface area contributed by atoms with Crippen LogP contribution in [0.25, 0.3) is 0 Å². The van der Waals surface area contributed by atoms with Crippen LogP contribution in [0.15, 0.2) is 27.6 Å². The number of hydrogen-bond donors (Lipinski definition) is 1. The molecule has 0 saturated carbocycles. The first-order valence-corrected chi connectivity index (χ1v) is 7.05. The average Bonchev–Trinajstić information content (AvgIpc) is 2.14. The molecule has 0 aliphatic heterocycles. The van der Waals surface area contributed by atoms with Crippen LogP contribution >= 0.6 is 15.9 Å². The molecule has 0 spiro atoms. The maximum absolute atomic E-state index is 12.8. The highest BCUT2D eigenvalue weighted by atomic mass is 79.9. The van der Waals surface area contributed by atoms with E-state index in [2.05, 4.69) is 20.7 Å². The van der Waals surface area contributed by atoms with Gasteiger partial charge in [0.1, 0.15) is 5.82 Å². The summed E-state index contributed by atoms with van der Waals surface area (Å²) in [6.07, 6.45) is 0. The number of halogens is 2. The first-order valence-electron chi connectivity index (χ1n) is 4.77. The summed E-state index contributed by atoms with van der Waals surface area (Å²) >= 11 is 3.03. The van der Waals surface area contributed by atoms with E-state index in [0.717, 1.165) is 12.1 Å². The third-order valence-electron chi connectivity index (χ3n) is 1.87. The van der Waals surface area contributed by atoms with Gasteiger partial charge in [0.25, 0.3) is 0 Å². The van der Waals surface area contributed by atoms with Gasteiger partial charge in [0.05, 0.1) is 4.90 Å². The molecule has 0 aliphatic rings. The molecule has 3 nitrogen and oxygen atoms in total. The molecule has 16 heavy (non-hydrogen) atoms. The summed E-state index contributed by atoms with van der Waals surface area (Å²) in [5, 5.41) is 0. The minimum Gasteiger partial charge on any atom is -0.211 e. The van der Waals surface area contributed by atoms with Gasteiger partial charge in [0.15, 0.2) is 0 Å². The van der Waals surface area contributed by atoms with Crippen LogP contribution in [0, 0.1) is 11.7 Å². The van der Waals surface area contributed by atoms with Gasteiger partial charge in [0, 0.05) is 11.0 Å². The molecular weight excluding hydrogens is 297 g/mol. The van der Waals surface area contributed by atoms with Crippen molar-refractivity contribution in [3.05, 3.63) is 28.5 Å². The molecule has 0 saturated heterocycles. The van der Waals surface area contributed by atoms with Crippen LogP contribution in [-0.4, -0.2) is 15.0 Å². The van der Waals surface area contributed by atoms with E-state index in [1.54, 1.807) is 0 Å². The van der Waals surface area contributed by atoms with Crippen LogP contribution in [0.2, 0.25) is 0 Å². The van der Waals surface area contributed by atoms with Crippen molar-refractivity contribution >= 4 is 26.0 Å². The Morgan fingerprint density at radius 1 is 1.44 bits per heavy atom. The molecule has 0 fully saturated rings. The summed E-state index contributed by atoms with van der Waals surface area (Å²) in [6, 6.07) is 3.49. The highest BCUT2D eigenvalue weighted by Gasteiger charge is 2.17. The van der Waals surface area contributed by atoms with Gasteiger partial charge in [-0.25, -0.2) is 17.5 Å². The van der Waals surface area contributed by atoms with Gasteiger partial charge in [-0.3, -0.25) is 0 Å². The summed E-state index contributed by atoms with van der Waals surface area (Å²) in [7, 11) is -3.57. The number of rotatable bonds is 4. The second kappa shape index (κ2) is 5.25. The molecule has 0 radical (unpaired) electrons. The largest absolute Gasteiger partial charge is 0.241 e. The molecule has 1 aromatic carbocycles. The SMILES string of the molecule is CC(C)CNS(=O)(=O)c1ccc(F)cc1Br. The zero-order valence-corrected chi connectivity index (χ0v) is 11.4. The summed E-state index contributed by atoms with van der Waals surface area (Å²) in [5.41, 5.74) is 0. The Balaban J connectivity index is 2.99. The van der Waals surface area contributed by atoms with Gasteiger partial charge < -0.3 is 0 Å². The van der Waals surface area contributed by atoms with Crippen LogP contribution in [0.4, 0.5) is 4.39 Å². The maximum atomic E-state index is 12.8. The number of nitrogens with one attached hydrogen (secondary N) is 1. The van der Waals surface area contributed by atoms with Crippen LogP contribution in [0.1, 0.15) is 13.8 Å². The lowest BCUT2D eigenvalue weighted by Crippen LogP contribution is -2.27. The van der Waals surface area contributed by atoms with Crippen LogP contribution < -0.4 is 4.72 Å². The van der Waals surface area contributed by atoms with Crippen molar-refractivity contribution in [3.8, 4) is 0 Å². The van der Waals surface area contributed by atoms with Crippen LogP contribution in [0.5, 0.6) is 0 Å². The van der Waals surface area contributed by atoms with E-state index < -0.39 is 15.8 Å². The monoisotopic (exact) mass is 309 g/mol. The van der Waals surface area contributed by atoms with Crippen LogP contribution in [-0.2, 0) is 10.0 Å². The second-order valence-corrected chi connectivity index (χ2v) is 6.41. The van der Waals surface area contributed by atoms with Gasteiger partial charge in [-0.1, -0.05) is 13.8 Å². The first-order chi connectivity index (χ1) is 7.33. The third kappa shape index (κ3) is 3.54. The molecule has 1 N–H and O–H groups in total. The Morgan fingerprint density at radius 2 is 2.06 bits per heavy atom. The molecule has 0 heterocycles. The Hall–Kier alpha value is -0.460. The topological polar surface area (TPSA) is 46.2 Å². The van der Waals surface area contributed by atoms with E-state index in [-0.39, 0.29) is 15.3 Å². The minimum atomic E-state index is -3.57. The lowest BCUT2D eigenvalue weighted by atomic mass is 10.2. The quantitative estimate of drug-likeness (QED) is 0.929. The Bertz CT molecular complexity index is 474. The molecular formula is C10H13BrFNO2S. The summed E-state index contributed by atoms with van der Waals surface area (Å²) < 4.78 is 39.1. The predicted molar refractivity (Wildman–Crippen MR) is 64.1 cm³/mol. The molecule has 1 aromatic rings. The van der Waals surface area contributed by atoms with E-state index in [0.29, 0.717) is 6.54 Å². The Kier molecular flexibility index (Phi) is 4.46. The zero-order valence-electron chi connectivity index (χ0n) is 9.00.